The largest absolute Gasteiger partial charge is 0.496 e. The molecular formula is C13H20N2O. The molecule has 0 spiro atoms. The van der Waals surface area contributed by atoms with Crippen LogP contribution in [-0.4, -0.2) is 26.2 Å². The van der Waals surface area contributed by atoms with Gasteiger partial charge in [-0.05, 0) is 50.1 Å². The highest BCUT2D eigenvalue weighted by Crippen LogP contribution is 2.21. The van der Waals surface area contributed by atoms with Crippen molar-refractivity contribution in [1.82, 2.24) is 5.32 Å². The summed E-state index contributed by atoms with van der Waals surface area (Å²) >= 11 is 0. The molecule has 16 heavy (non-hydrogen) atoms. The van der Waals surface area contributed by atoms with Crippen molar-refractivity contribution in [2.24, 2.45) is 0 Å². The predicted molar refractivity (Wildman–Crippen MR) is 67.2 cm³/mol. The second kappa shape index (κ2) is 5.21. The topological polar surface area (TPSA) is 33.3 Å². The number of anilines is 1. The third-order valence-corrected chi connectivity index (χ3v) is 3.11. The van der Waals surface area contributed by atoms with Gasteiger partial charge in [-0.2, -0.15) is 0 Å². The van der Waals surface area contributed by atoms with E-state index >= 15 is 0 Å². The van der Waals surface area contributed by atoms with E-state index in [0.29, 0.717) is 6.04 Å². The number of rotatable bonds is 4. The van der Waals surface area contributed by atoms with Crippen molar-refractivity contribution in [3.63, 3.8) is 0 Å². The summed E-state index contributed by atoms with van der Waals surface area (Å²) in [5, 5.41) is 6.94. The Morgan fingerprint density at radius 3 is 3.00 bits per heavy atom. The van der Waals surface area contributed by atoms with Crippen LogP contribution in [0.2, 0.25) is 0 Å². The fourth-order valence-electron chi connectivity index (χ4n) is 2.16. The van der Waals surface area contributed by atoms with Crippen molar-refractivity contribution in [1.29, 1.82) is 0 Å². The first-order chi connectivity index (χ1) is 7.79. The summed E-state index contributed by atoms with van der Waals surface area (Å²) in [6, 6.07) is 6.84. The molecule has 2 N–H and O–H groups in total. The number of methoxy groups -OCH3 is 1. The zero-order valence-electron chi connectivity index (χ0n) is 10.0. The average molecular weight is 220 g/mol. The van der Waals surface area contributed by atoms with Gasteiger partial charge >= 0.3 is 0 Å². The van der Waals surface area contributed by atoms with E-state index < -0.39 is 0 Å². The minimum atomic E-state index is 0.627. The van der Waals surface area contributed by atoms with E-state index in [2.05, 4.69) is 29.7 Å². The standard InChI is InChI=1S/C13H20N2O/c1-10-8-11(5-6-13(10)16-2)15-9-12-4-3-7-14-12/h5-6,8,12,14-15H,3-4,7,9H2,1-2H3. The van der Waals surface area contributed by atoms with Gasteiger partial charge in [-0.1, -0.05) is 0 Å². The molecule has 2 rings (SSSR count). The third-order valence-electron chi connectivity index (χ3n) is 3.11. The number of hydrogen-bond acceptors (Lipinski definition) is 3. The van der Waals surface area contributed by atoms with Crippen LogP contribution in [-0.2, 0) is 0 Å². The Morgan fingerprint density at radius 1 is 1.50 bits per heavy atom. The maximum absolute atomic E-state index is 5.24. The summed E-state index contributed by atoms with van der Waals surface area (Å²) in [6.45, 7) is 4.23. The summed E-state index contributed by atoms with van der Waals surface area (Å²) < 4.78 is 5.24. The van der Waals surface area contributed by atoms with Crippen LogP contribution >= 0.6 is 0 Å². The number of benzene rings is 1. The van der Waals surface area contributed by atoms with E-state index in [0.717, 1.165) is 18.8 Å². The first kappa shape index (κ1) is 11.3. The molecule has 0 radical (unpaired) electrons. The molecule has 1 fully saturated rings. The van der Waals surface area contributed by atoms with Crippen molar-refractivity contribution in [3.05, 3.63) is 23.8 Å². The van der Waals surface area contributed by atoms with Crippen LogP contribution in [0.5, 0.6) is 5.75 Å². The van der Waals surface area contributed by atoms with Crippen molar-refractivity contribution in [3.8, 4) is 5.75 Å². The molecular weight excluding hydrogens is 200 g/mol. The fourth-order valence-corrected chi connectivity index (χ4v) is 2.16. The minimum absolute atomic E-state index is 0.627. The minimum Gasteiger partial charge on any atom is -0.496 e. The Bertz CT molecular complexity index is 346. The van der Waals surface area contributed by atoms with Gasteiger partial charge in [0.1, 0.15) is 5.75 Å². The average Bonchev–Trinajstić information content (AvgIpc) is 2.79. The maximum Gasteiger partial charge on any atom is 0.121 e. The van der Waals surface area contributed by atoms with Gasteiger partial charge in [0, 0.05) is 18.3 Å². The molecule has 0 aliphatic carbocycles. The highest BCUT2D eigenvalue weighted by molar-refractivity contribution is 5.50. The molecule has 1 aromatic rings. The van der Waals surface area contributed by atoms with Gasteiger partial charge in [0.2, 0.25) is 0 Å². The van der Waals surface area contributed by atoms with Gasteiger partial charge < -0.3 is 15.4 Å². The zero-order valence-corrected chi connectivity index (χ0v) is 10.0. The second-order valence-electron chi connectivity index (χ2n) is 4.36. The van der Waals surface area contributed by atoms with E-state index in [1.165, 1.54) is 24.1 Å². The Kier molecular flexibility index (Phi) is 3.67. The fraction of sp³-hybridized carbons (Fsp3) is 0.538. The highest BCUT2D eigenvalue weighted by atomic mass is 16.5. The lowest BCUT2D eigenvalue weighted by Gasteiger charge is -2.14. The molecule has 0 amide bonds. The Morgan fingerprint density at radius 2 is 2.38 bits per heavy atom. The molecule has 88 valence electrons. The molecule has 0 aromatic heterocycles. The third kappa shape index (κ3) is 2.67. The van der Waals surface area contributed by atoms with Crippen LogP contribution in [0.25, 0.3) is 0 Å². The second-order valence-corrected chi connectivity index (χ2v) is 4.36. The Balaban J connectivity index is 1.91. The highest BCUT2D eigenvalue weighted by Gasteiger charge is 2.13. The molecule has 1 saturated heterocycles. The van der Waals surface area contributed by atoms with Gasteiger partial charge in [-0.25, -0.2) is 0 Å². The summed E-state index contributed by atoms with van der Waals surface area (Å²) in [4.78, 5) is 0. The monoisotopic (exact) mass is 220 g/mol. The van der Waals surface area contributed by atoms with Gasteiger partial charge in [0.05, 0.1) is 7.11 Å². The molecule has 3 heteroatoms. The number of ether oxygens (including phenoxy) is 1. The van der Waals surface area contributed by atoms with Gasteiger partial charge in [-0.3, -0.25) is 0 Å². The lowest BCUT2D eigenvalue weighted by atomic mass is 10.2. The van der Waals surface area contributed by atoms with E-state index in [4.69, 9.17) is 4.74 Å². The predicted octanol–water partition coefficient (Wildman–Crippen LogP) is 2.17. The molecule has 1 aromatic carbocycles. The van der Waals surface area contributed by atoms with Crippen LogP contribution in [0.15, 0.2) is 18.2 Å². The van der Waals surface area contributed by atoms with Crippen LogP contribution in [0, 0.1) is 6.92 Å². The van der Waals surface area contributed by atoms with Crippen LogP contribution in [0.4, 0.5) is 5.69 Å². The van der Waals surface area contributed by atoms with Gasteiger partial charge in [0.25, 0.3) is 0 Å². The summed E-state index contributed by atoms with van der Waals surface area (Å²) in [5.74, 6) is 0.949. The SMILES string of the molecule is COc1ccc(NCC2CCCN2)cc1C. The first-order valence-electron chi connectivity index (χ1n) is 5.91. The van der Waals surface area contributed by atoms with Crippen LogP contribution < -0.4 is 15.4 Å². The van der Waals surface area contributed by atoms with E-state index in [-0.39, 0.29) is 0 Å². The Hall–Kier alpha value is -1.22. The number of nitrogens with one attached hydrogen (secondary N) is 2. The lowest BCUT2D eigenvalue weighted by molar-refractivity contribution is 0.412. The first-order valence-corrected chi connectivity index (χ1v) is 5.91. The Labute approximate surface area is 97.2 Å². The summed E-state index contributed by atoms with van der Waals surface area (Å²) in [6.07, 6.45) is 2.58. The summed E-state index contributed by atoms with van der Waals surface area (Å²) in [5.41, 5.74) is 2.35. The molecule has 0 saturated carbocycles. The molecule has 1 unspecified atom stereocenters. The molecule has 1 aliphatic rings. The molecule has 1 heterocycles. The number of aryl methyl sites for hydroxylation is 1. The summed E-state index contributed by atoms with van der Waals surface area (Å²) in [7, 11) is 1.71. The molecule has 1 aliphatic heterocycles. The maximum atomic E-state index is 5.24. The van der Waals surface area contributed by atoms with Gasteiger partial charge in [0.15, 0.2) is 0 Å². The molecule has 1 atom stereocenters. The molecule has 3 nitrogen and oxygen atoms in total. The quantitative estimate of drug-likeness (QED) is 0.816. The van der Waals surface area contributed by atoms with Crippen molar-refractivity contribution in [2.45, 2.75) is 25.8 Å². The van der Waals surface area contributed by atoms with E-state index in [1.54, 1.807) is 7.11 Å². The van der Waals surface area contributed by atoms with Crippen molar-refractivity contribution >= 4 is 5.69 Å². The van der Waals surface area contributed by atoms with E-state index in [9.17, 15) is 0 Å². The van der Waals surface area contributed by atoms with Crippen molar-refractivity contribution < 1.29 is 4.74 Å². The van der Waals surface area contributed by atoms with Crippen LogP contribution in [0.3, 0.4) is 0 Å². The van der Waals surface area contributed by atoms with Gasteiger partial charge in [-0.15, -0.1) is 0 Å². The normalized spacial score (nSPS) is 19.8. The smallest absolute Gasteiger partial charge is 0.121 e. The van der Waals surface area contributed by atoms with Crippen LogP contribution in [0.1, 0.15) is 18.4 Å². The zero-order chi connectivity index (χ0) is 11.4. The number of hydrogen-bond donors (Lipinski definition) is 2. The molecule has 0 bridgehead atoms. The lowest BCUT2D eigenvalue weighted by Crippen LogP contribution is -2.29. The van der Waals surface area contributed by atoms with Crippen molar-refractivity contribution in [2.75, 3.05) is 25.5 Å². The van der Waals surface area contributed by atoms with E-state index in [1.807, 2.05) is 6.07 Å².